The molecule has 6 fully saturated rings. The number of carbonyl (C=O) groups excluding carboxylic acids is 2. The number of aliphatic hydroxyl groups is 1. The number of anilines is 1. The predicted octanol–water partition coefficient (Wildman–Crippen LogP) is 4.20. The summed E-state index contributed by atoms with van der Waals surface area (Å²) in [6, 6.07) is 14.4. The van der Waals surface area contributed by atoms with Crippen molar-refractivity contribution < 1.29 is 37.0 Å². The van der Waals surface area contributed by atoms with E-state index in [0.29, 0.717) is 62.7 Å². The molecule has 0 spiro atoms. The minimum absolute atomic E-state index is 0.0376. The van der Waals surface area contributed by atoms with Crippen LogP contribution in [0.15, 0.2) is 53.4 Å². The topological polar surface area (TPSA) is 132 Å². The second-order valence-corrected chi connectivity index (χ2v) is 20.0. The number of likely N-dealkylation sites (tertiary alicyclic amines) is 3. The molecule has 0 radical (unpaired) electrons. The molecule has 2 amide bonds. The maximum Gasteiger partial charge on any atom is 0.407 e. The molecule has 4 aliphatic heterocycles. The number of nitrogens with one attached hydrogen (secondary N) is 1. The summed E-state index contributed by atoms with van der Waals surface area (Å²) in [7, 11) is -0.372. The predicted molar refractivity (Wildman–Crippen MR) is 214 cm³/mol. The second kappa shape index (κ2) is 16.0. The zero-order chi connectivity index (χ0) is 40.0. The Hall–Kier alpha value is -3.30. The fraction of sp³-hybridized carbons (Fsp3) is 0.674. The number of benzene rings is 2. The summed E-state index contributed by atoms with van der Waals surface area (Å²) in [6.07, 6.45) is 7.25. The smallest absolute Gasteiger partial charge is 0.407 e. The van der Waals surface area contributed by atoms with Crippen molar-refractivity contribution in [3.63, 3.8) is 0 Å². The van der Waals surface area contributed by atoms with Gasteiger partial charge in [0, 0.05) is 50.4 Å². The Morgan fingerprint density at radius 2 is 1.60 bits per heavy atom. The summed E-state index contributed by atoms with van der Waals surface area (Å²) in [6.45, 7) is 7.59. The molecule has 2 aliphatic carbocycles. The highest BCUT2D eigenvalue weighted by molar-refractivity contribution is 7.92. The van der Waals surface area contributed by atoms with Crippen molar-refractivity contribution in [3.8, 4) is 0 Å². The van der Waals surface area contributed by atoms with Gasteiger partial charge in [-0.05, 0) is 138 Å². The highest BCUT2D eigenvalue weighted by Crippen LogP contribution is 2.52. The van der Waals surface area contributed by atoms with Gasteiger partial charge in [0.05, 0.1) is 30.3 Å². The van der Waals surface area contributed by atoms with Crippen LogP contribution in [-0.4, -0.2) is 142 Å². The van der Waals surface area contributed by atoms with Crippen molar-refractivity contribution in [2.24, 2.45) is 11.8 Å². The van der Waals surface area contributed by atoms with Crippen LogP contribution in [0.3, 0.4) is 0 Å². The Kier molecular flexibility index (Phi) is 11.4. The van der Waals surface area contributed by atoms with Gasteiger partial charge in [0.15, 0.2) is 9.84 Å². The zero-order valence-corrected chi connectivity index (χ0v) is 34.4. The number of ether oxygens (including phenoxy) is 2. The number of piperidine rings is 2. The number of methoxy groups -OCH3 is 2. The monoisotopic (exact) mass is 809 g/mol. The van der Waals surface area contributed by atoms with Crippen molar-refractivity contribution in [1.82, 2.24) is 20.0 Å². The van der Waals surface area contributed by atoms with Crippen LogP contribution in [0.2, 0.25) is 0 Å². The molecule has 0 unspecified atom stereocenters. The Balaban J connectivity index is 0.907. The average molecular weight is 810 g/mol. The highest BCUT2D eigenvalue weighted by atomic mass is 32.2. The normalized spacial score (nSPS) is 26.6. The number of amides is 2. The maximum absolute atomic E-state index is 15.1. The lowest BCUT2D eigenvalue weighted by Gasteiger charge is -2.55. The molecule has 4 heterocycles. The second-order valence-electron chi connectivity index (χ2n) is 17.8. The molecule has 4 saturated heterocycles. The molecule has 12 nitrogen and oxygen atoms in total. The first-order valence-corrected chi connectivity index (χ1v) is 22.6. The quantitative estimate of drug-likeness (QED) is 0.304. The summed E-state index contributed by atoms with van der Waals surface area (Å²) in [5.41, 5.74) is 0.0981. The highest BCUT2D eigenvalue weighted by Gasteiger charge is 2.54. The van der Waals surface area contributed by atoms with Crippen LogP contribution >= 0.6 is 0 Å². The van der Waals surface area contributed by atoms with E-state index in [9.17, 15) is 23.1 Å². The Bertz CT molecular complexity index is 1870. The third-order valence-corrected chi connectivity index (χ3v) is 16.8. The standard InChI is InChI=1S/C43H60FN5O7S/c1-55-40(51)45-38-9-4-8-37(38)43(30-46-20-5-21-46,32-6-3-7-33(44)26-32)31-14-22-47(23-15-31)27-41(56-2)28-49(29-41)34-10-12-35(13-11-34)57(53,54)36-16-24-48(25-17-36)39(50)42(52)18-19-42/h3,6-7,10-13,26,31,36-38,52H,4-5,8-9,14-25,27-30H2,1-2H3,(H,45,51)/t37-,38-,43-/m0/s1. The molecule has 8 rings (SSSR count). The van der Waals surface area contributed by atoms with Gasteiger partial charge in [0.1, 0.15) is 17.0 Å². The van der Waals surface area contributed by atoms with E-state index < -0.39 is 26.8 Å². The van der Waals surface area contributed by atoms with Crippen LogP contribution in [0, 0.1) is 17.7 Å². The number of rotatable bonds is 13. The number of hydrogen-bond donors (Lipinski definition) is 2. The number of halogens is 1. The zero-order valence-electron chi connectivity index (χ0n) is 33.5. The number of sulfone groups is 1. The lowest BCUT2D eigenvalue weighted by Crippen LogP contribution is -2.68. The first kappa shape index (κ1) is 40.5. The molecule has 2 aromatic carbocycles. The fourth-order valence-electron chi connectivity index (χ4n) is 10.9. The van der Waals surface area contributed by atoms with Crippen LogP contribution in [0.5, 0.6) is 0 Å². The van der Waals surface area contributed by atoms with Gasteiger partial charge in [-0.3, -0.25) is 4.79 Å². The Morgan fingerprint density at radius 1 is 0.895 bits per heavy atom. The fourth-order valence-corrected chi connectivity index (χ4v) is 12.6. The minimum Gasteiger partial charge on any atom is -0.453 e. The van der Waals surface area contributed by atoms with Gasteiger partial charge in [-0.25, -0.2) is 17.6 Å². The lowest BCUT2D eigenvalue weighted by molar-refractivity contribution is -0.143. The van der Waals surface area contributed by atoms with E-state index in [1.165, 1.54) is 19.6 Å². The van der Waals surface area contributed by atoms with Crippen molar-refractivity contribution in [3.05, 3.63) is 59.9 Å². The van der Waals surface area contributed by atoms with Crippen molar-refractivity contribution in [1.29, 1.82) is 0 Å². The van der Waals surface area contributed by atoms with Gasteiger partial charge < -0.3 is 39.5 Å². The van der Waals surface area contributed by atoms with Crippen LogP contribution in [0.4, 0.5) is 14.9 Å². The molecular weight excluding hydrogens is 750 g/mol. The van der Waals surface area contributed by atoms with Crippen molar-refractivity contribution in [2.45, 2.75) is 97.0 Å². The summed E-state index contributed by atoms with van der Waals surface area (Å²) in [5, 5.41) is 12.8. The Morgan fingerprint density at radius 3 is 2.19 bits per heavy atom. The molecule has 2 aromatic rings. The van der Waals surface area contributed by atoms with Gasteiger partial charge in [-0.15, -0.1) is 0 Å². The van der Waals surface area contributed by atoms with E-state index in [-0.39, 0.29) is 34.7 Å². The molecule has 14 heteroatoms. The molecule has 0 bridgehead atoms. The van der Waals surface area contributed by atoms with E-state index in [0.717, 1.165) is 82.6 Å². The maximum atomic E-state index is 15.1. The molecule has 57 heavy (non-hydrogen) atoms. The molecule has 2 N–H and O–H groups in total. The van der Waals surface area contributed by atoms with Crippen LogP contribution in [0.1, 0.15) is 69.8 Å². The third-order valence-electron chi connectivity index (χ3n) is 14.5. The molecule has 0 aromatic heterocycles. The number of alkyl carbamates (subject to hydrolysis) is 1. The number of hydrogen-bond acceptors (Lipinski definition) is 10. The van der Waals surface area contributed by atoms with E-state index in [1.807, 2.05) is 18.2 Å². The van der Waals surface area contributed by atoms with E-state index in [2.05, 4.69) is 26.1 Å². The number of nitrogens with zero attached hydrogens (tertiary/aromatic N) is 4. The minimum atomic E-state index is -3.56. The summed E-state index contributed by atoms with van der Waals surface area (Å²) < 4.78 is 53.5. The summed E-state index contributed by atoms with van der Waals surface area (Å²) in [4.78, 5) is 34.3. The summed E-state index contributed by atoms with van der Waals surface area (Å²) in [5.74, 6) is -0.0226. The van der Waals surface area contributed by atoms with Crippen molar-refractivity contribution in [2.75, 3.05) is 84.6 Å². The van der Waals surface area contributed by atoms with Crippen LogP contribution in [-0.2, 0) is 29.5 Å². The first-order chi connectivity index (χ1) is 27.4. The molecule has 6 aliphatic rings. The summed E-state index contributed by atoms with van der Waals surface area (Å²) >= 11 is 0. The van der Waals surface area contributed by atoms with E-state index in [4.69, 9.17) is 9.47 Å². The van der Waals surface area contributed by atoms with Gasteiger partial charge >= 0.3 is 6.09 Å². The third kappa shape index (κ3) is 7.93. The van der Waals surface area contributed by atoms with Crippen LogP contribution in [0.25, 0.3) is 0 Å². The molecular formula is C43H60FN5O7S. The van der Waals surface area contributed by atoms with Gasteiger partial charge in [-0.1, -0.05) is 18.6 Å². The molecule has 3 atom stereocenters. The van der Waals surface area contributed by atoms with E-state index in [1.54, 1.807) is 30.2 Å². The molecule has 312 valence electrons. The average Bonchev–Trinajstić information content (AvgIpc) is 3.79. The lowest BCUT2D eigenvalue weighted by atomic mass is 9.57. The van der Waals surface area contributed by atoms with Crippen LogP contribution < -0.4 is 10.2 Å². The Labute approximate surface area is 336 Å². The van der Waals surface area contributed by atoms with Crippen molar-refractivity contribution >= 4 is 27.5 Å². The van der Waals surface area contributed by atoms with Gasteiger partial charge in [-0.2, -0.15) is 0 Å². The largest absolute Gasteiger partial charge is 0.453 e. The first-order valence-electron chi connectivity index (χ1n) is 21.1. The van der Waals surface area contributed by atoms with Gasteiger partial charge in [0.25, 0.3) is 5.91 Å². The SMILES string of the molecule is COC(=O)N[C@H]1CCC[C@@H]1[C@](CN1CCC1)(c1cccc(F)c1)C1CCN(CC2(OC)CN(c3ccc(S(=O)(=O)C4CCN(C(=O)C5(O)CC5)CC4)cc3)C2)CC1. The van der Waals surface area contributed by atoms with E-state index >= 15 is 4.39 Å². The molecule has 2 saturated carbocycles. The van der Waals surface area contributed by atoms with Gasteiger partial charge in [0.2, 0.25) is 0 Å². The number of carbonyl (C=O) groups is 2.